The summed E-state index contributed by atoms with van der Waals surface area (Å²) in [6.45, 7) is 9.06. The fourth-order valence-electron chi connectivity index (χ4n) is 1.62. The van der Waals surface area contributed by atoms with Crippen molar-refractivity contribution in [2.45, 2.75) is 39.2 Å². The lowest BCUT2D eigenvalue weighted by molar-refractivity contribution is 0.130. The first-order valence-corrected chi connectivity index (χ1v) is 7.21. The summed E-state index contributed by atoms with van der Waals surface area (Å²) < 4.78 is 14.5. The lowest BCUT2D eigenvalue weighted by Crippen LogP contribution is -2.18. The Balaban J connectivity index is 2.23. The molecule has 0 bridgehead atoms. The van der Waals surface area contributed by atoms with Gasteiger partial charge in [-0.05, 0) is 18.5 Å². The quantitative estimate of drug-likeness (QED) is 0.899. The first-order valence-electron chi connectivity index (χ1n) is 6.43. The van der Waals surface area contributed by atoms with Gasteiger partial charge in [0.2, 0.25) is 0 Å². The molecule has 0 amide bonds. The second kappa shape index (κ2) is 5.94. The van der Waals surface area contributed by atoms with E-state index >= 15 is 0 Å². The molecule has 0 fully saturated rings. The van der Waals surface area contributed by atoms with Crippen molar-refractivity contribution in [2.75, 3.05) is 13.2 Å². The Morgan fingerprint density at radius 3 is 2.80 bits per heavy atom. The molecule has 0 radical (unpaired) electrons. The highest BCUT2D eigenvalue weighted by Crippen LogP contribution is 2.33. The van der Waals surface area contributed by atoms with Crippen LogP contribution in [0, 0.1) is 0 Å². The number of nitrogens with two attached hydrogens (primary N) is 1. The van der Waals surface area contributed by atoms with Crippen molar-refractivity contribution in [3.05, 3.63) is 11.5 Å². The minimum Gasteiger partial charge on any atom is -0.380 e. The molecule has 2 N–H and O–H groups in total. The van der Waals surface area contributed by atoms with Gasteiger partial charge in [-0.1, -0.05) is 30.4 Å². The van der Waals surface area contributed by atoms with Crippen molar-refractivity contribution in [1.82, 2.24) is 19.7 Å². The Bertz CT molecular complexity index is 560. The maximum Gasteiger partial charge on any atom is 0.271 e. The highest BCUT2D eigenvalue weighted by Gasteiger charge is 2.27. The van der Waals surface area contributed by atoms with Crippen LogP contribution in [0.25, 0.3) is 10.8 Å². The number of hydrogen-bond donors (Lipinski definition) is 1. The van der Waals surface area contributed by atoms with Crippen molar-refractivity contribution in [1.29, 1.82) is 0 Å². The van der Waals surface area contributed by atoms with E-state index in [2.05, 4.69) is 40.5 Å². The summed E-state index contributed by atoms with van der Waals surface area (Å²) in [6.07, 6.45) is 0. The third-order valence-corrected chi connectivity index (χ3v) is 3.38. The first-order chi connectivity index (χ1) is 9.43. The van der Waals surface area contributed by atoms with Crippen LogP contribution in [0.1, 0.15) is 45.3 Å². The van der Waals surface area contributed by atoms with Crippen LogP contribution in [0.3, 0.4) is 0 Å². The van der Waals surface area contributed by atoms with Crippen LogP contribution in [-0.2, 0) is 10.2 Å². The average molecular weight is 297 g/mol. The van der Waals surface area contributed by atoms with Crippen LogP contribution in [0.2, 0.25) is 0 Å². The molecule has 20 heavy (non-hydrogen) atoms. The highest BCUT2D eigenvalue weighted by molar-refractivity contribution is 7.09. The molecule has 1 unspecified atom stereocenters. The smallest absolute Gasteiger partial charge is 0.271 e. The molecule has 0 aliphatic rings. The molecule has 8 heteroatoms. The predicted molar refractivity (Wildman–Crippen MR) is 75.3 cm³/mol. The van der Waals surface area contributed by atoms with Crippen LogP contribution in [0.15, 0.2) is 4.52 Å². The molecule has 1 atom stereocenters. The molecule has 7 nitrogen and oxygen atoms in total. The number of aromatic nitrogens is 4. The van der Waals surface area contributed by atoms with Gasteiger partial charge >= 0.3 is 0 Å². The van der Waals surface area contributed by atoms with Crippen molar-refractivity contribution >= 4 is 11.5 Å². The van der Waals surface area contributed by atoms with Crippen LogP contribution in [0.5, 0.6) is 0 Å². The van der Waals surface area contributed by atoms with E-state index in [-0.39, 0.29) is 5.41 Å². The van der Waals surface area contributed by atoms with E-state index in [1.54, 1.807) is 0 Å². The normalized spacial score (nSPS) is 13.7. The van der Waals surface area contributed by atoms with E-state index in [0.29, 0.717) is 24.9 Å². The summed E-state index contributed by atoms with van der Waals surface area (Å²) in [7, 11) is 0. The Morgan fingerprint density at radius 1 is 1.40 bits per heavy atom. The average Bonchev–Trinajstić information content (AvgIpc) is 3.02. The third-order valence-electron chi connectivity index (χ3n) is 2.67. The van der Waals surface area contributed by atoms with E-state index < -0.39 is 6.04 Å². The van der Waals surface area contributed by atoms with Gasteiger partial charge in [0, 0.05) is 12.0 Å². The molecule has 0 aliphatic heterocycles. The Hall–Kier alpha value is -1.38. The maximum absolute atomic E-state index is 5.93. The Kier molecular flexibility index (Phi) is 4.46. The molecule has 110 valence electrons. The van der Waals surface area contributed by atoms with Crippen LogP contribution >= 0.6 is 11.5 Å². The van der Waals surface area contributed by atoms with Gasteiger partial charge in [-0.2, -0.15) is 4.98 Å². The Morgan fingerprint density at radius 2 is 2.15 bits per heavy atom. The minimum atomic E-state index is -0.397. The fraction of sp³-hybridized carbons (Fsp3) is 0.667. The van der Waals surface area contributed by atoms with Gasteiger partial charge in [-0.25, -0.2) is 0 Å². The van der Waals surface area contributed by atoms with Crippen LogP contribution < -0.4 is 5.73 Å². The van der Waals surface area contributed by atoms with E-state index in [9.17, 15) is 0 Å². The summed E-state index contributed by atoms with van der Waals surface area (Å²) in [6, 6.07) is -0.397. The SMILES string of the molecule is CCOCC(N)c1noc(-c2snnc2C(C)(C)C)n1. The zero-order chi connectivity index (χ0) is 14.8. The molecule has 0 spiro atoms. The predicted octanol–water partition coefficient (Wildman–Crippen LogP) is 1.92. The van der Waals surface area contributed by atoms with Gasteiger partial charge in [-0.3, -0.25) is 0 Å². The third kappa shape index (κ3) is 3.20. The number of ether oxygens (including phenoxy) is 1. The molecule has 2 aromatic heterocycles. The molecule has 2 heterocycles. The van der Waals surface area contributed by atoms with Gasteiger partial charge in [0.25, 0.3) is 5.89 Å². The van der Waals surface area contributed by atoms with Gasteiger partial charge < -0.3 is 15.0 Å². The van der Waals surface area contributed by atoms with E-state index in [4.69, 9.17) is 15.0 Å². The van der Waals surface area contributed by atoms with Gasteiger partial charge in [0.1, 0.15) is 4.88 Å². The lowest BCUT2D eigenvalue weighted by atomic mass is 9.91. The summed E-state index contributed by atoms with van der Waals surface area (Å²) in [5.41, 5.74) is 6.64. The van der Waals surface area contributed by atoms with E-state index in [0.717, 1.165) is 10.6 Å². The van der Waals surface area contributed by atoms with Crippen molar-refractivity contribution < 1.29 is 9.26 Å². The van der Waals surface area contributed by atoms with Crippen molar-refractivity contribution in [3.8, 4) is 10.8 Å². The summed E-state index contributed by atoms with van der Waals surface area (Å²) >= 11 is 1.24. The molecule has 2 aromatic rings. The fourth-order valence-corrected chi connectivity index (χ4v) is 2.42. The molecule has 0 saturated carbocycles. The van der Waals surface area contributed by atoms with Crippen molar-refractivity contribution in [2.24, 2.45) is 5.73 Å². The van der Waals surface area contributed by atoms with Gasteiger partial charge in [0.15, 0.2) is 5.82 Å². The molecular weight excluding hydrogens is 278 g/mol. The zero-order valence-electron chi connectivity index (χ0n) is 12.1. The van der Waals surface area contributed by atoms with Crippen molar-refractivity contribution in [3.63, 3.8) is 0 Å². The topological polar surface area (TPSA) is 100.0 Å². The zero-order valence-corrected chi connectivity index (χ0v) is 12.9. The highest BCUT2D eigenvalue weighted by atomic mass is 32.1. The van der Waals surface area contributed by atoms with E-state index in [1.165, 1.54) is 11.5 Å². The summed E-state index contributed by atoms with van der Waals surface area (Å²) in [4.78, 5) is 5.12. The lowest BCUT2D eigenvalue weighted by Gasteiger charge is -2.14. The molecule has 2 rings (SSSR count). The van der Waals surface area contributed by atoms with E-state index in [1.807, 2.05) is 6.92 Å². The second-order valence-electron chi connectivity index (χ2n) is 5.42. The number of rotatable bonds is 5. The summed E-state index contributed by atoms with van der Waals surface area (Å²) in [5.74, 6) is 0.841. The van der Waals surface area contributed by atoms with Crippen LogP contribution in [-0.4, -0.2) is 32.9 Å². The van der Waals surface area contributed by atoms with Gasteiger partial charge in [0.05, 0.1) is 18.3 Å². The molecule has 0 saturated heterocycles. The molecule has 0 aliphatic carbocycles. The largest absolute Gasteiger partial charge is 0.380 e. The Labute approximate surface area is 121 Å². The molecule has 0 aromatic carbocycles. The maximum atomic E-state index is 5.93. The molecular formula is C12H19N5O2S. The standard InChI is InChI=1S/C12H19N5O2S/c1-5-18-6-7(13)10-14-11(19-16-10)8-9(12(2,3)4)15-17-20-8/h7H,5-6,13H2,1-4H3. The second-order valence-corrected chi connectivity index (χ2v) is 6.18. The monoisotopic (exact) mass is 297 g/mol. The number of hydrogen-bond acceptors (Lipinski definition) is 8. The summed E-state index contributed by atoms with van der Waals surface area (Å²) in [5, 5.41) is 8.06. The van der Waals surface area contributed by atoms with Gasteiger partial charge in [-0.15, -0.1) is 5.10 Å². The first kappa shape index (κ1) is 15.0. The minimum absolute atomic E-state index is 0.135. The number of nitrogens with zero attached hydrogens (tertiary/aromatic N) is 4. The van der Waals surface area contributed by atoms with Crippen LogP contribution in [0.4, 0.5) is 0 Å².